The lowest BCUT2D eigenvalue weighted by Gasteiger charge is -2.08. The Kier molecular flexibility index (Phi) is 2.91. The number of benzene rings is 1. The van der Waals surface area contributed by atoms with Crippen LogP contribution in [0.25, 0.3) is 0 Å². The normalized spacial score (nSPS) is 11.4. The van der Waals surface area contributed by atoms with Gasteiger partial charge in [0, 0.05) is 6.07 Å². The van der Waals surface area contributed by atoms with Crippen LogP contribution in [0.2, 0.25) is 0 Å². The molecule has 0 aliphatic rings. The molecule has 1 aromatic carbocycles. The first-order valence-electron chi connectivity index (χ1n) is 4.67. The molecule has 0 radical (unpaired) electrons. The molecule has 96 valence electrons. The zero-order chi connectivity index (χ0) is 13.3. The van der Waals surface area contributed by atoms with E-state index < -0.39 is 32.2 Å². The second-order valence-electron chi connectivity index (χ2n) is 3.35. The average Bonchev–Trinajstić information content (AvgIpc) is 2.77. The number of nitrogens with one attached hydrogen (secondary N) is 2. The van der Waals surface area contributed by atoms with Crippen molar-refractivity contribution in [3.63, 3.8) is 0 Å². The van der Waals surface area contributed by atoms with Crippen molar-refractivity contribution in [1.82, 2.24) is 10.2 Å². The Bertz CT molecular complexity index is 670. The third-order valence-corrected chi connectivity index (χ3v) is 3.51. The van der Waals surface area contributed by atoms with Crippen molar-refractivity contribution in [2.24, 2.45) is 0 Å². The second kappa shape index (κ2) is 4.26. The summed E-state index contributed by atoms with van der Waals surface area (Å²) < 4.78 is 52.2. The SMILES string of the molecule is Nc1c(F)ccc(S(=O)(=O)Nc2ccn[nH]2)c1F. The number of nitrogens with two attached hydrogens (primary N) is 1. The number of nitrogen functional groups attached to an aromatic ring is 1. The van der Waals surface area contributed by atoms with Crippen LogP contribution in [0.3, 0.4) is 0 Å². The lowest BCUT2D eigenvalue weighted by molar-refractivity contribution is 0.557. The zero-order valence-electron chi connectivity index (χ0n) is 8.81. The summed E-state index contributed by atoms with van der Waals surface area (Å²) in [5.74, 6) is -2.30. The van der Waals surface area contributed by atoms with Crippen LogP contribution in [0, 0.1) is 11.6 Å². The van der Waals surface area contributed by atoms with Crippen LogP contribution in [0.15, 0.2) is 29.3 Å². The number of nitrogens with zero attached hydrogens (tertiary/aromatic N) is 1. The Labute approximate surface area is 101 Å². The van der Waals surface area contributed by atoms with Crippen molar-refractivity contribution in [3.05, 3.63) is 36.0 Å². The first-order chi connectivity index (χ1) is 8.42. The molecule has 0 unspecified atom stereocenters. The van der Waals surface area contributed by atoms with Crippen LogP contribution in [-0.4, -0.2) is 18.6 Å². The van der Waals surface area contributed by atoms with Gasteiger partial charge < -0.3 is 5.73 Å². The van der Waals surface area contributed by atoms with Crippen molar-refractivity contribution >= 4 is 21.5 Å². The molecule has 4 N–H and O–H groups in total. The number of anilines is 2. The van der Waals surface area contributed by atoms with Gasteiger partial charge in [-0.15, -0.1) is 0 Å². The van der Waals surface area contributed by atoms with Gasteiger partial charge >= 0.3 is 0 Å². The number of halogens is 2. The van der Waals surface area contributed by atoms with Gasteiger partial charge in [0.1, 0.15) is 22.2 Å². The monoisotopic (exact) mass is 274 g/mol. The van der Waals surface area contributed by atoms with E-state index >= 15 is 0 Å². The third kappa shape index (κ3) is 2.12. The summed E-state index contributed by atoms with van der Waals surface area (Å²) in [5, 5.41) is 5.86. The molecule has 1 heterocycles. The van der Waals surface area contributed by atoms with E-state index in [1.54, 1.807) is 0 Å². The maximum atomic E-state index is 13.6. The van der Waals surface area contributed by atoms with E-state index in [2.05, 4.69) is 10.2 Å². The fourth-order valence-corrected chi connectivity index (χ4v) is 2.38. The Hall–Kier alpha value is -2.16. The summed E-state index contributed by atoms with van der Waals surface area (Å²) in [6.07, 6.45) is 1.31. The summed E-state index contributed by atoms with van der Waals surface area (Å²) in [4.78, 5) is -0.740. The second-order valence-corrected chi connectivity index (χ2v) is 5.00. The van der Waals surface area contributed by atoms with E-state index in [9.17, 15) is 17.2 Å². The molecule has 2 aromatic rings. The summed E-state index contributed by atoms with van der Waals surface area (Å²) in [6.45, 7) is 0. The van der Waals surface area contributed by atoms with E-state index in [1.807, 2.05) is 4.72 Å². The fourth-order valence-electron chi connectivity index (χ4n) is 1.27. The number of aromatic nitrogens is 2. The Balaban J connectivity index is 2.45. The lowest BCUT2D eigenvalue weighted by Crippen LogP contribution is -2.16. The van der Waals surface area contributed by atoms with E-state index in [4.69, 9.17) is 5.73 Å². The van der Waals surface area contributed by atoms with Gasteiger partial charge in [-0.2, -0.15) is 5.10 Å². The van der Waals surface area contributed by atoms with E-state index in [-0.39, 0.29) is 5.82 Å². The number of rotatable bonds is 3. The van der Waals surface area contributed by atoms with E-state index in [0.29, 0.717) is 0 Å². The molecule has 0 amide bonds. The minimum atomic E-state index is -4.20. The Morgan fingerprint density at radius 3 is 2.61 bits per heavy atom. The van der Waals surface area contributed by atoms with Gasteiger partial charge in [-0.25, -0.2) is 17.2 Å². The minimum Gasteiger partial charge on any atom is -0.394 e. The van der Waals surface area contributed by atoms with Crippen LogP contribution in [0.5, 0.6) is 0 Å². The van der Waals surface area contributed by atoms with Gasteiger partial charge in [-0.05, 0) is 12.1 Å². The van der Waals surface area contributed by atoms with E-state index in [0.717, 1.165) is 12.1 Å². The van der Waals surface area contributed by atoms with Crippen molar-refractivity contribution in [1.29, 1.82) is 0 Å². The van der Waals surface area contributed by atoms with Crippen LogP contribution < -0.4 is 10.5 Å². The molecule has 9 heteroatoms. The molecule has 0 aliphatic heterocycles. The highest BCUT2D eigenvalue weighted by molar-refractivity contribution is 7.92. The van der Waals surface area contributed by atoms with Gasteiger partial charge in [0.25, 0.3) is 10.0 Å². The maximum Gasteiger partial charge on any atom is 0.266 e. The van der Waals surface area contributed by atoms with Gasteiger partial charge in [0.05, 0.1) is 6.20 Å². The highest BCUT2D eigenvalue weighted by Gasteiger charge is 2.22. The van der Waals surface area contributed by atoms with Crippen molar-refractivity contribution < 1.29 is 17.2 Å². The van der Waals surface area contributed by atoms with Crippen molar-refractivity contribution in [2.45, 2.75) is 4.90 Å². The van der Waals surface area contributed by atoms with Crippen LogP contribution in [0.4, 0.5) is 20.3 Å². The highest BCUT2D eigenvalue weighted by Crippen LogP contribution is 2.24. The molecular formula is C9H8F2N4O2S. The smallest absolute Gasteiger partial charge is 0.266 e. The summed E-state index contributed by atoms with van der Waals surface area (Å²) in [5.41, 5.74) is 4.25. The first-order valence-corrected chi connectivity index (χ1v) is 6.16. The summed E-state index contributed by atoms with van der Waals surface area (Å²) in [6, 6.07) is 2.90. The topological polar surface area (TPSA) is 101 Å². The minimum absolute atomic E-state index is 0.0531. The molecule has 0 saturated carbocycles. The molecule has 6 nitrogen and oxygen atoms in total. The average molecular weight is 274 g/mol. The lowest BCUT2D eigenvalue weighted by atomic mass is 10.3. The molecule has 1 aromatic heterocycles. The number of hydrogen-bond donors (Lipinski definition) is 3. The predicted molar refractivity (Wildman–Crippen MR) is 60.2 cm³/mol. The maximum absolute atomic E-state index is 13.6. The zero-order valence-corrected chi connectivity index (χ0v) is 9.63. The molecule has 2 rings (SSSR count). The largest absolute Gasteiger partial charge is 0.394 e. The molecule has 18 heavy (non-hydrogen) atoms. The Morgan fingerprint density at radius 1 is 1.28 bits per heavy atom. The third-order valence-electron chi connectivity index (χ3n) is 2.13. The van der Waals surface area contributed by atoms with Crippen molar-refractivity contribution in [3.8, 4) is 0 Å². The molecule has 0 saturated heterocycles. The predicted octanol–water partition coefficient (Wildman–Crippen LogP) is 1.07. The van der Waals surface area contributed by atoms with E-state index in [1.165, 1.54) is 12.3 Å². The number of sulfonamides is 1. The number of H-pyrrole nitrogens is 1. The highest BCUT2D eigenvalue weighted by atomic mass is 32.2. The number of hydrogen-bond acceptors (Lipinski definition) is 4. The molecule has 0 aliphatic carbocycles. The first kappa shape index (κ1) is 12.3. The molecule has 0 fully saturated rings. The standard InChI is InChI=1S/C9H8F2N4O2S/c10-5-1-2-6(8(11)9(5)12)18(16,17)15-7-3-4-13-14-7/h1-4H,12H2,(H2,13,14,15). The quantitative estimate of drug-likeness (QED) is 0.729. The van der Waals surface area contributed by atoms with Crippen LogP contribution in [-0.2, 0) is 10.0 Å². The van der Waals surface area contributed by atoms with Gasteiger partial charge in [0.2, 0.25) is 0 Å². The number of aromatic amines is 1. The molecule has 0 atom stereocenters. The fraction of sp³-hybridized carbons (Fsp3) is 0. The van der Waals surface area contributed by atoms with Crippen molar-refractivity contribution in [2.75, 3.05) is 10.5 Å². The summed E-state index contributed by atoms with van der Waals surface area (Å²) in [7, 11) is -4.20. The Morgan fingerprint density at radius 2 is 2.00 bits per heavy atom. The molecule has 0 bridgehead atoms. The van der Waals surface area contributed by atoms with Gasteiger partial charge in [0.15, 0.2) is 5.82 Å². The van der Waals surface area contributed by atoms with Crippen LogP contribution in [0.1, 0.15) is 0 Å². The van der Waals surface area contributed by atoms with Crippen LogP contribution >= 0.6 is 0 Å². The molecule has 0 spiro atoms. The van der Waals surface area contributed by atoms with Gasteiger partial charge in [-0.1, -0.05) is 0 Å². The summed E-state index contributed by atoms with van der Waals surface area (Å²) >= 11 is 0. The van der Waals surface area contributed by atoms with Gasteiger partial charge in [-0.3, -0.25) is 9.82 Å². The molecular weight excluding hydrogens is 266 g/mol.